The predicted molar refractivity (Wildman–Crippen MR) is 93.0 cm³/mol. The van der Waals surface area contributed by atoms with Crippen LogP contribution >= 0.6 is 0 Å². The summed E-state index contributed by atoms with van der Waals surface area (Å²) in [7, 11) is 0. The number of rotatable bonds is 15. The zero-order valence-corrected chi connectivity index (χ0v) is 14.8. The summed E-state index contributed by atoms with van der Waals surface area (Å²) in [5, 5.41) is 17.2. The standard InChI is InChI=1S/C17H37N.HNO3/c1-3-5-7-9-10-11-13-15-17-18-16-14-12-8-6-4-2;2-1(3)4/h18H,3-17H2,1-2H3;(H,2,3,4). The first kappa shape index (κ1) is 23.4. The third kappa shape index (κ3) is 31.5. The lowest BCUT2D eigenvalue weighted by atomic mass is 10.1. The molecule has 0 bridgehead atoms. The maximum absolute atomic E-state index is 8.36. The van der Waals surface area contributed by atoms with Crippen molar-refractivity contribution in [3.63, 3.8) is 0 Å². The van der Waals surface area contributed by atoms with Gasteiger partial charge in [0.1, 0.15) is 0 Å². The molecule has 0 rings (SSSR count). The van der Waals surface area contributed by atoms with Crippen molar-refractivity contribution in [2.45, 2.75) is 97.3 Å². The summed E-state index contributed by atoms with van der Waals surface area (Å²) in [5.74, 6) is 0. The maximum Gasteiger partial charge on any atom is 0.291 e. The first-order valence-corrected chi connectivity index (χ1v) is 9.19. The second kappa shape index (κ2) is 22.4. The van der Waals surface area contributed by atoms with Gasteiger partial charge in [-0.3, -0.25) is 0 Å². The van der Waals surface area contributed by atoms with Gasteiger partial charge in [-0.2, -0.15) is 0 Å². The van der Waals surface area contributed by atoms with Crippen LogP contribution in [-0.2, 0) is 0 Å². The Morgan fingerprint density at radius 2 is 1.00 bits per heavy atom. The SMILES string of the molecule is CCCCCCCCCCNCCCCCCC.O=[N+]([O-])O. The minimum Gasteiger partial charge on any atom is -0.328 e. The Bertz CT molecular complexity index is 194. The highest BCUT2D eigenvalue weighted by molar-refractivity contribution is 4.51. The van der Waals surface area contributed by atoms with E-state index in [-0.39, 0.29) is 0 Å². The van der Waals surface area contributed by atoms with Gasteiger partial charge in [0.25, 0.3) is 5.09 Å². The number of hydrogen-bond donors (Lipinski definition) is 2. The van der Waals surface area contributed by atoms with Crippen molar-refractivity contribution in [1.82, 2.24) is 5.32 Å². The van der Waals surface area contributed by atoms with E-state index in [9.17, 15) is 0 Å². The summed E-state index contributed by atoms with van der Waals surface area (Å²) in [4.78, 5) is 8.36. The van der Waals surface area contributed by atoms with Crippen LogP contribution in [0.4, 0.5) is 0 Å². The van der Waals surface area contributed by atoms with Crippen molar-refractivity contribution < 1.29 is 10.3 Å². The lowest BCUT2D eigenvalue weighted by Crippen LogP contribution is -2.16. The Labute approximate surface area is 137 Å². The highest BCUT2D eigenvalue weighted by Gasteiger charge is 1.92. The first-order chi connectivity index (χ1) is 10.6. The van der Waals surface area contributed by atoms with E-state index in [0.29, 0.717) is 0 Å². The van der Waals surface area contributed by atoms with Crippen LogP contribution in [0.15, 0.2) is 0 Å². The van der Waals surface area contributed by atoms with Crippen molar-refractivity contribution in [2.75, 3.05) is 13.1 Å². The zero-order valence-electron chi connectivity index (χ0n) is 14.8. The molecule has 0 radical (unpaired) electrons. The molecule has 0 aliphatic rings. The fourth-order valence-corrected chi connectivity index (χ4v) is 2.36. The number of unbranched alkanes of at least 4 members (excludes halogenated alkanes) is 11. The summed E-state index contributed by atoms with van der Waals surface area (Å²) in [6, 6.07) is 0. The highest BCUT2D eigenvalue weighted by Crippen LogP contribution is 2.08. The molecule has 0 spiro atoms. The van der Waals surface area contributed by atoms with Crippen molar-refractivity contribution in [2.24, 2.45) is 0 Å². The minimum absolute atomic E-state index is 1.24. The van der Waals surface area contributed by atoms with E-state index in [0.717, 1.165) is 0 Å². The normalized spacial score (nSPS) is 10.1. The van der Waals surface area contributed by atoms with Crippen LogP contribution in [0.3, 0.4) is 0 Å². The number of hydrogen-bond acceptors (Lipinski definition) is 3. The van der Waals surface area contributed by atoms with Crippen LogP contribution < -0.4 is 5.32 Å². The largest absolute Gasteiger partial charge is 0.328 e. The van der Waals surface area contributed by atoms with Gasteiger partial charge in [0.15, 0.2) is 0 Å². The Morgan fingerprint density at radius 1 is 0.727 bits per heavy atom. The van der Waals surface area contributed by atoms with E-state index >= 15 is 0 Å². The van der Waals surface area contributed by atoms with Crippen LogP contribution in [0, 0.1) is 10.1 Å². The molecule has 0 aromatic carbocycles. The zero-order chi connectivity index (χ0) is 16.9. The van der Waals surface area contributed by atoms with Gasteiger partial charge in [-0.1, -0.05) is 84.5 Å². The summed E-state index contributed by atoms with van der Waals surface area (Å²) >= 11 is 0. The molecule has 0 saturated heterocycles. The average Bonchev–Trinajstić information content (AvgIpc) is 2.47. The van der Waals surface area contributed by atoms with E-state index < -0.39 is 5.09 Å². The van der Waals surface area contributed by atoms with Crippen LogP contribution in [0.25, 0.3) is 0 Å². The van der Waals surface area contributed by atoms with Crippen LogP contribution in [0.2, 0.25) is 0 Å². The second-order valence-corrected chi connectivity index (χ2v) is 5.88. The van der Waals surface area contributed by atoms with E-state index in [1.165, 1.54) is 96.6 Å². The predicted octanol–water partition coefficient (Wildman–Crippen LogP) is 5.34. The molecular weight excluding hydrogens is 280 g/mol. The second-order valence-electron chi connectivity index (χ2n) is 5.88. The fourth-order valence-electron chi connectivity index (χ4n) is 2.36. The maximum atomic E-state index is 8.36. The van der Waals surface area contributed by atoms with Gasteiger partial charge >= 0.3 is 0 Å². The minimum atomic E-state index is -1.50. The third-order valence-corrected chi connectivity index (χ3v) is 3.66. The molecular formula is C17H38N2O3. The first-order valence-electron chi connectivity index (χ1n) is 9.19. The van der Waals surface area contributed by atoms with Crippen molar-refractivity contribution in [3.05, 3.63) is 10.1 Å². The molecule has 5 heteroatoms. The van der Waals surface area contributed by atoms with Gasteiger partial charge in [-0.05, 0) is 25.9 Å². The lowest BCUT2D eigenvalue weighted by molar-refractivity contribution is -0.742. The summed E-state index contributed by atoms with van der Waals surface area (Å²) in [6.45, 7) is 7.04. The van der Waals surface area contributed by atoms with E-state index in [2.05, 4.69) is 19.2 Å². The van der Waals surface area contributed by atoms with Gasteiger partial charge in [0, 0.05) is 0 Å². The van der Waals surface area contributed by atoms with Gasteiger partial charge in [0.05, 0.1) is 0 Å². The van der Waals surface area contributed by atoms with Gasteiger partial charge in [-0.15, -0.1) is 10.1 Å². The monoisotopic (exact) mass is 318 g/mol. The molecule has 0 atom stereocenters. The van der Waals surface area contributed by atoms with Crippen LogP contribution in [0.5, 0.6) is 0 Å². The van der Waals surface area contributed by atoms with Gasteiger partial charge < -0.3 is 10.5 Å². The topological polar surface area (TPSA) is 75.4 Å². The smallest absolute Gasteiger partial charge is 0.291 e. The quantitative estimate of drug-likeness (QED) is 0.243. The van der Waals surface area contributed by atoms with E-state index in [4.69, 9.17) is 15.3 Å². The van der Waals surface area contributed by atoms with Crippen LogP contribution in [0.1, 0.15) is 97.3 Å². The van der Waals surface area contributed by atoms with Gasteiger partial charge in [-0.25, -0.2) is 0 Å². The molecule has 0 aliphatic heterocycles. The van der Waals surface area contributed by atoms with E-state index in [1.807, 2.05) is 0 Å². The van der Waals surface area contributed by atoms with Crippen molar-refractivity contribution >= 4 is 0 Å². The molecule has 22 heavy (non-hydrogen) atoms. The molecule has 0 saturated carbocycles. The number of nitrogens with zero attached hydrogens (tertiary/aromatic N) is 1. The van der Waals surface area contributed by atoms with E-state index in [1.54, 1.807) is 0 Å². The Kier molecular flexibility index (Phi) is 23.9. The summed E-state index contributed by atoms with van der Waals surface area (Å²) in [5.41, 5.74) is 0. The lowest BCUT2D eigenvalue weighted by Gasteiger charge is -2.05. The molecule has 0 heterocycles. The van der Waals surface area contributed by atoms with Crippen molar-refractivity contribution in [1.29, 1.82) is 0 Å². The average molecular weight is 319 g/mol. The number of nitrogens with one attached hydrogen (secondary N) is 1. The molecule has 0 unspecified atom stereocenters. The molecule has 0 aromatic heterocycles. The Hall–Kier alpha value is -0.840. The molecule has 0 amide bonds. The summed E-state index contributed by atoms with van der Waals surface area (Å²) < 4.78 is 0. The Morgan fingerprint density at radius 3 is 1.32 bits per heavy atom. The molecule has 2 N–H and O–H groups in total. The summed E-state index contributed by atoms with van der Waals surface area (Å²) in [6.07, 6.45) is 18.4. The molecule has 134 valence electrons. The van der Waals surface area contributed by atoms with Crippen molar-refractivity contribution in [3.8, 4) is 0 Å². The molecule has 5 nitrogen and oxygen atoms in total. The molecule has 0 aromatic rings. The van der Waals surface area contributed by atoms with Crippen LogP contribution in [-0.4, -0.2) is 23.4 Å². The third-order valence-electron chi connectivity index (χ3n) is 3.66. The van der Waals surface area contributed by atoms with Gasteiger partial charge in [0.2, 0.25) is 0 Å². The molecule has 0 aliphatic carbocycles. The Balaban J connectivity index is 0. The molecule has 0 fully saturated rings. The highest BCUT2D eigenvalue weighted by atomic mass is 16.9. The fraction of sp³-hybridized carbons (Fsp3) is 1.00.